The molecule has 5 heteroatoms. The Morgan fingerprint density at radius 3 is 2.94 bits per heavy atom. The van der Waals surface area contributed by atoms with Crippen molar-refractivity contribution in [3.63, 3.8) is 0 Å². The van der Waals surface area contributed by atoms with Crippen LogP contribution in [0.4, 0.5) is 11.6 Å². The Hall–Kier alpha value is -1.65. The Morgan fingerprint density at radius 2 is 2.18 bits per heavy atom. The molecule has 1 aromatic heterocycles. The lowest BCUT2D eigenvalue weighted by molar-refractivity contribution is 0.818. The fraction of sp³-hybridized carbons (Fsp3) is 0.167. The number of hydrogen-bond acceptors (Lipinski definition) is 4. The average Bonchev–Trinajstić information content (AvgIpc) is 2.30. The molecule has 0 bridgehead atoms. The molecule has 17 heavy (non-hydrogen) atoms. The third-order valence-corrected chi connectivity index (χ3v) is 2.40. The van der Waals surface area contributed by atoms with E-state index in [2.05, 4.69) is 26.7 Å². The highest BCUT2D eigenvalue weighted by atomic mass is 35.5. The van der Waals surface area contributed by atoms with Gasteiger partial charge in [0.1, 0.15) is 5.15 Å². The summed E-state index contributed by atoms with van der Waals surface area (Å²) in [4.78, 5) is 8.16. The molecule has 1 heterocycles. The summed E-state index contributed by atoms with van der Waals surface area (Å²) >= 11 is 5.79. The van der Waals surface area contributed by atoms with E-state index in [0.717, 1.165) is 12.2 Å². The summed E-state index contributed by atoms with van der Waals surface area (Å²) in [5.74, 6) is 0.499. The minimum Gasteiger partial charge on any atom is -0.324 e. The van der Waals surface area contributed by atoms with Gasteiger partial charge >= 0.3 is 0 Å². The molecule has 0 aliphatic carbocycles. The molecular weight excluding hydrogens is 236 g/mol. The van der Waals surface area contributed by atoms with E-state index < -0.39 is 0 Å². The van der Waals surface area contributed by atoms with Crippen LogP contribution >= 0.6 is 11.6 Å². The van der Waals surface area contributed by atoms with Gasteiger partial charge in [-0.1, -0.05) is 23.7 Å². The van der Waals surface area contributed by atoms with E-state index in [0.29, 0.717) is 11.1 Å². The molecule has 0 spiro atoms. The summed E-state index contributed by atoms with van der Waals surface area (Å²) in [7, 11) is 1.92. The molecule has 2 N–H and O–H groups in total. The van der Waals surface area contributed by atoms with E-state index in [1.54, 1.807) is 12.3 Å². The Morgan fingerprint density at radius 1 is 1.29 bits per heavy atom. The zero-order valence-corrected chi connectivity index (χ0v) is 10.2. The lowest BCUT2D eigenvalue weighted by atomic mass is 10.2. The van der Waals surface area contributed by atoms with E-state index in [-0.39, 0.29) is 0 Å². The van der Waals surface area contributed by atoms with E-state index >= 15 is 0 Å². The van der Waals surface area contributed by atoms with Gasteiger partial charge in [-0.15, -0.1) is 0 Å². The van der Waals surface area contributed by atoms with Crippen LogP contribution in [0.5, 0.6) is 0 Å². The number of hydrogen-bond donors (Lipinski definition) is 2. The van der Waals surface area contributed by atoms with Crippen LogP contribution < -0.4 is 10.6 Å². The minimum atomic E-state index is 0.425. The number of rotatable bonds is 4. The van der Waals surface area contributed by atoms with Crippen molar-refractivity contribution in [1.29, 1.82) is 0 Å². The maximum absolute atomic E-state index is 5.79. The Kier molecular flexibility index (Phi) is 3.90. The summed E-state index contributed by atoms with van der Waals surface area (Å²) in [6.45, 7) is 0.825. The molecule has 0 unspecified atom stereocenters. The van der Waals surface area contributed by atoms with Gasteiger partial charge in [-0.2, -0.15) is 0 Å². The fourth-order valence-electron chi connectivity index (χ4n) is 1.49. The fourth-order valence-corrected chi connectivity index (χ4v) is 1.63. The molecule has 2 aromatic rings. The Labute approximate surface area is 105 Å². The maximum Gasteiger partial charge on any atom is 0.228 e. The van der Waals surface area contributed by atoms with Gasteiger partial charge in [0.05, 0.1) is 0 Å². The minimum absolute atomic E-state index is 0.425. The second-order valence-corrected chi connectivity index (χ2v) is 3.95. The van der Waals surface area contributed by atoms with E-state index in [1.807, 2.05) is 25.2 Å². The lowest BCUT2D eigenvalue weighted by Gasteiger charge is -2.06. The molecule has 0 saturated carbocycles. The van der Waals surface area contributed by atoms with E-state index in [9.17, 15) is 0 Å². The van der Waals surface area contributed by atoms with Crippen LogP contribution in [0.25, 0.3) is 0 Å². The van der Waals surface area contributed by atoms with Crippen molar-refractivity contribution in [2.75, 3.05) is 12.4 Å². The Bertz CT molecular complexity index is 501. The molecular formula is C12H13ClN4. The third kappa shape index (κ3) is 3.41. The van der Waals surface area contributed by atoms with Crippen molar-refractivity contribution in [3.8, 4) is 0 Å². The summed E-state index contributed by atoms with van der Waals surface area (Å²) < 4.78 is 0. The van der Waals surface area contributed by atoms with Crippen molar-refractivity contribution < 1.29 is 0 Å². The van der Waals surface area contributed by atoms with Gasteiger partial charge < -0.3 is 10.6 Å². The molecule has 4 nitrogen and oxygen atoms in total. The molecule has 1 aromatic carbocycles. The molecule has 0 radical (unpaired) electrons. The summed E-state index contributed by atoms with van der Waals surface area (Å²) in [5.41, 5.74) is 2.14. The summed E-state index contributed by atoms with van der Waals surface area (Å²) in [6.07, 6.45) is 1.62. The normalized spacial score (nSPS) is 10.2. The smallest absolute Gasteiger partial charge is 0.228 e. The van der Waals surface area contributed by atoms with Crippen molar-refractivity contribution in [3.05, 3.63) is 47.2 Å². The van der Waals surface area contributed by atoms with Gasteiger partial charge in [0.2, 0.25) is 5.95 Å². The summed E-state index contributed by atoms with van der Waals surface area (Å²) in [5, 5.41) is 6.64. The van der Waals surface area contributed by atoms with Gasteiger partial charge in [0, 0.05) is 18.4 Å². The highest BCUT2D eigenvalue weighted by Gasteiger charge is 1.99. The molecule has 0 atom stereocenters. The zero-order valence-electron chi connectivity index (χ0n) is 9.44. The van der Waals surface area contributed by atoms with Crippen molar-refractivity contribution in [2.24, 2.45) is 0 Å². The molecule has 0 fully saturated rings. The van der Waals surface area contributed by atoms with Crippen LogP contribution in [-0.2, 0) is 6.54 Å². The van der Waals surface area contributed by atoms with Crippen LogP contribution in [0.2, 0.25) is 5.15 Å². The van der Waals surface area contributed by atoms with Crippen molar-refractivity contribution in [1.82, 2.24) is 15.3 Å². The molecule has 2 rings (SSSR count). The number of anilines is 2. The molecule has 0 aliphatic rings. The van der Waals surface area contributed by atoms with Crippen LogP contribution in [-0.4, -0.2) is 17.0 Å². The predicted molar refractivity (Wildman–Crippen MR) is 69.5 cm³/mol. The summed E-state index contributed by atoms with van der Waals surface area (Å²) in [6, 6.07) is 9.69. The maximum atomic E-state index is 5.79. The predicted octanol–water partition coefficient (Wildman–Crippen LogP) is 2.59. The van der Waals surface area contributed by atoms with Crippen LogP contribution in [0.3, 0.4) is 0 Å². The van der Waals surface area contributed by atoms with E-state index in [1.165, 1.54) is 5.56 Å². The van der Waals surface area contributed by atoms with E-state index in [4.69, 9.17) is 11.6 Å². The molecule has 0 aliphatic heterocycles. The largest absolute Gasteiger partial charge is 0.324 e. The quantitative estimate of drug-likeness (QED) is 0.817. The SMILES string of the molecule is CNCc1cccc(Nc2nccc(Cl)n2)c1. The topological polar surface area (TPSA) is 49.8 Å². The van der Waals surface area contributed by atoms with Crippen LogP contribution in [0, 0.1) is 0 Å². The highest BCUT2D eigenvalue weighted by molar-refractivity contribution is 6.29. The van der Waals surface area contributed by atoms with Gasteiger partial charge in [0.25, 0.3) is 0 Å². The second kappa shape index (κ2) is 5.61. The molecule has 88 valence electrons. The van der Waals surface area contributed by atoms with Gasteiger partial charge in [-0.05, 0) is 30.8 Å². The number of nitrogens with zero attached hydrogens (tertiary/aromatic N) is 2. The molecule has 0 amide bonds. The van der Waals surface area contributed by atoms with Crippen molar-refractivity contribution in [2.45, 2.75) is 6.54 Å². The van der Waals surface area contributed by atoms with Crippen LogP contribution in [0.15, 0.2) is 36.5 Å². The number of benzene rings is 1. The lowest BCUT2D eigenvalue weighted by Crippen LogP contribution is -2.05. The monoisotopic (exact) mass is 248 g/mol. The molecule has 0 saturated heterocycles. The highest BCUT2D eigenvalue weighted by Crippen LogP contribution is 2.15. The second-order valence-electron chi connectivity index (χ2n) is 3.56. The standard InChI is InChI=1S/C12H13ClN4/c1-14-8-9-3-2-4-10(7-9)16-12-15-6-5-11(13)17-12/h2-7,14H,8H2,1H3,(H,15,16,17). The average molecular weight is 249 g/mol. The Balaban J connectivity index is 2.15. The third-order valence-electron chi connectivity index (χ3n) is 2.19. The van der Waals surface area contributed by atoms with Gasteiger partial charge in [0.15, 0.2) is 0 Å². The van der Waals surface area contributed by atoms with Crippen LogP contribution in [0.1, 0.15) is 5.56 Å². The first-order valence-corrected chi connectivity index (χ1v) is 5.65. The number of nitrogens with one attached hydrogen (secondary N) is 2. The van der Waals surface area contributed by atoms with Gasteiger partial charge in [-0.25, -0.2) is 9.97 Å². The van der Waals surface area contributed by atoms with Gasteiger partial charge in [-0.3, -0.25) is 0 Å². The number of halogens is 1. The first kappa shape index (κ1) is 11.8. The number of aromatic nitrogens is 2. The zero-order chi connectivity index (χ0) is 12.1. The van der Waals surface area contributed by atoms with Crippen molar-refractivity contribution >= 4 is 23.2 Å². The first-order valence-electron chi connectivity index (χ1n) is 5.27. The first-order chi connectivity index (χ1) is 8.28.